The Labute approximate surface area is 174 Å². The minimum atomic E-state index is -1.10. The summed E-state index contributed by atoms with van der Waals surface area (Å²) in [6.45, 7) is 5.12. The molecule has 8 nitrogen and oxygen atoms in total. The number of methoxy groups -OCH3 is 1. The molecule has 0 aliphatic rings. The Morgan fingerprint density at radius 3 is 2.27 bits per heavy atom. The molecule has 0 heterocycles. The van der Waals surface area contributed by atoms with Crippen LogP contribution in [0.1, 0.15) is 49.2 Å². The summed E-state index contributed by atoms with van der Waals surface area (Å²) in [4.78, 5) is 35.7. The Balaban J connectivity index is 2.24. The van der Waals surface area contributed by atoms with Crippen LogP contribution in [-0.4, -0.2) is 35.8 Å². The van der Waals surface area contributed by atoms with Gasteiger partial charge in [-0.05, 0) is 50.6 Å². The number of carboxylic acid groups (broad SMARTS) is 1. The normalized spacial score (nSPS) is 11.9. The zero-order chi connectivity index (χ0) is 22.3. The summed E-state index contributed by atoms with van der Waals surface area (Å²) < 4.78 is 15.9. The van der Waals surface area contributed by atoms with Crippen molar-refractivity contribution in [1.29, 1.82) is 0 Å². The molecule has 0 saturated carbocycles. The van der Waals surface area contributed by atoms with E-state index in [1.165, 1.54) is 19.2 Å². The molecule has 0 saturated heterocycles. The number of ether oxygens (including phenoxy) is 3. The quantitative estimate of drug-likeness (QED) is 0.520. The molecule has 0 aliphatic carbocycles. The monoisotopic (exact) mass is 415 g/mol. The fourth-order valence-electron chi connectivity index (χ4n) is 2.59. The first-order valence-corrected chi connectivity index (χ1v) is 9.25. The van der Waals surface area contributed by atoms with Gasteiger partial charge in [-0.3, -0.25) is 4.79 Å². The van der Waals surface area contributed by atoms with Crippen LogP contribution >= 0.6 is 0 Å². The number of hydrogen-bond acceptors (Lipinski definition) is 6. The summed E-state index contributed by atoms with van der Waals surface area (Å²) in [6.07, 6.45) is -1.11. The molecule has 1 atom stereocenters. The van der Waals surface area contributed by atoms with Crippen LogP contribution < -0.4 is 14.8 Å². The largest absolute Gasteiger partial charge is 0.493 e. The van der Waals surface area contributed by atoms with E-state index >= 15 is 0 Å². The van der Waals surface area contributed by atoms with Crippen molar-refractivity contribution in [2.45, 2.75) is 38.8 Å². The van der Waals surface area contributed by atoms with Gasteiger partial charge >= 0.3 is 18.0 Å². The van der Waals surface area contributed by atoms with Gasteiger partial charge in [0.15, 0.2) is 11.5 Å². The maximum Gasteiger partial charge on any atom is 0.408 e. The van der Waals surface area contributed by atoms with Crippen LogP contribution in [0.3, 0.4) is 0 Å². The molecule has 8 heteroatoms. The number of aliphatic carboxylic acids is 1. The first-order chi connectivity index (χ1) is 14.1. The van der Waals surface area contributed by atoms with E-state index in [4.69, 9.17) is 14.2 Å². The third-order valence-electron chi connectivity index (χ3n) is 3.87. The van der Waals surface area contributed by atoms with Crippen LogP contribution in [0.25, 0.3) is 0 Å². The Hall–Kier alpha value is -3.55. The Bertz CT molecular complexity index is 903. The minimum absolute atomic E-state index is 0.168. The highest BCUT2D eigenvalue weighted by molar-refractivity contribution is 5.91. The fraction of sp³-hybridized carbons (Fsp3) is 0.318. The summed E-state index contributed by atoms with van der Waals surface area (Å²) in [5, 5.41) is 11.8. The lowest BCUT2D eigenvalue weighted by Crippen LogP contribution is -2.35. The molecule has 0 spiro atoms. The maximum atomic E-state index is 12.3. The van der Waals surface area contributed by atoms with Gasteiger partial charge in [0.25, 0.3) is 0 Å². The molecule has 0 aliphatic heterocycles. The number of nitrogens with one attached hydrogen (secondary N) is 1. The van der Waals surface area contributed by atoms with Gasteiger partial charge in [0.2, 0.25) is 0 Å². The number of carboxylic acids is 1. The van der Waals surface area contributed by atoms with Gasteiger partial charge in [-0.25, -0.2) is 9.59 Å². The number of esters is 1. The van der Waals surface area contributed by atoms with Gasteiger partial charge in [-0.15, -0.1) is 0 Å². The number of carbonyl (C=O) groups is 3. The van der Waals surface area contributed by atoms with E-state index in [9.17, 15) is 19.5 Å². The third-order valence-corrected chi connectivity index (χ3v) is 3.87. The molecule has 2 aromatic rings. The van der Waals surface area contributed by atoms with Crippen LogP contribution in [-0.2, 0) is 9.53 Å². The lowest BCUT2D eigenvalue weighted by Gasteiger charge is -2.23. The molecular weight excluding hydrogens is 390 g/mol. The molecule has 0 fully saturated rings. The van der Waals surface area contributed by atoms with E-state index in [1.807, 2.05) is 0 Å². The predicted octanol–water partition coefficient (Wildman–Crippen LogP) is 3.95. The van der Waals surface area contributed by atoms with E-state index in [0.29, 0.717) is 11.1 Å². The topological polar surface area (TPSA) is 111 Å². The molecule has 0 aromatic heterocycles. The van der Waals surface area contributed by atoms with Crippen molar-refractivity contribution in [3.05, 3.63) is 59.7 Å². The number of hydrogen-bond donors (Lipinski definition) is 2. The first kappa shape index (κ1) is 22.7. The molecule has 0 bridgehead atoms. The highest BCUT2D eigenvalue weighted by Gasteiger charge is 2.24. The van der Waals surface area contributed by atoms with Gasteiger partial charge in [0.05, 0.1) is 25.1 Å². The predicted molar refractivity (Wildman–Crippen MR) is 109 cm³/mol. The Morgan fingerprint density at radius 2 is 1.70 bits per heavy atom. The zero-order valence-electron chi connectivity index (χ0n) is 17.3. The third kappa shape index (κ3) is 6.80. The number of rotatable bonds is 7. The smallest absolute Gasteiger partial charge is 0.408 e. The van der Waals surface area contributed by atoms with Crippen molar-refractivity contribution in [3.63, 3.8) is 0 Å². The number of carbonyl (C=O) groups excluding carboxylic acids is 2. The highest BCUT2D eigenvalue weighted by atomic mass is 16.6. The summed E-state index contributed by atoms with van der Waals surface area (Å²) in [5.41, 5.74) is 0.101. The fourth-order valence-corrected chi connectivity index (χ4v) is 2.59. The van der Waals surface area contributed by atoms with E-state index in [-0.39, 0.29) is 17.9 Å². The van der Waals surface area contributed by atoms with E-state index in [2.05, 4.69) is 5.32 Å². The molecular formula is C22H25NO7. The molecule has 2 aromatic carbocycles. The van der Waals surface area contributed by atoms with Gasteiger partial charge in [-0.1, -0.05) is 24.3 Å². The summed E-state index contributed by atoms with van der Waals surface area (Å²) in [6, 6.07) is 12.1. The molecule has 160 valence electrons. The van der Waals surface area contributed by atoms with Crippen LogP contribution in [0.15, 0.2) is 48.5 Å². The van der Waals surface area contributed by atoms with Crippen LogP contribution in [0, 0.1) is 0 Å². The standard InChI is InChI=1S/C22H25NO7/c1-22(2,3)30-21(27)23-16(13-19(24)25)15-10-11-17(18(12-15)28-4)29-20(26)14-8-6-5-7-9-14/h5-12,16H,13H2,1-4H3,(H,23,27)(H,24,25). The second-order valence-electron chi connectivity index (χ2n) is 7.46. The van der Waals surface area contributed by atoms with Crippen LogP contribution in [0.2, 0.25) is 0 Å². The average molecular weight is 415 g/mol. The van der Waals surface area contributed by atoms with Crippen molar-refractivity contribution in [1.82, 2.24) is 5.32 Å². The van der Waals surface area contributed by atoms with Crippen LogP contribution in [0.4, 0.5) is 4.79 Å². The lowest BCUT2D eigenvalue weighted by molar-refractivity contribution is -0.137. The van der Waals surface area contributed by atoms with Crippen molar-refractivity contribution >= 4 is 18.0 Å². The van der Waals surface area contributed by atoms with Gasteiger partial charge in [0.1, 0.15) is 5.60 Å². The highest BCUT2D eigenvalue weighted by Crippen LogP contribution is 2.32. The second-order valence-corrected chi connectivity index (χ2v) is 7.46. The number of benzene rings is 2. The molecule has 0 radical (unpaired) electrons. The molecule has 2 rings (SSSR count). The van der Waals surface area contributed by atoms with Crippen molar-refractivity contribution in [2.24, 2.45) is 0 Å². The molecule has 1 amide bonds. The van der Waals surface area contributed by atoms with Crippen molar-refractivity contribution in [2.75, 3.05) is 7.11 Å². The zero-order valence-corrected chi connectivity index (χ0v) is 17.3. The number of alkyl carbamates (subject to hydrolysis) is 1. The van der Waals surface area contributed by atoms with Crippen molar-refractivity contribution < 1.29 is 33.7 Å². The van der Waals surface area contributed by atoms with Crippen molar-refractivity contribution in [3.8, 4) is 11.5 Å². The average Bonchev–Trinajstić information content (AvgIpc) is 2.66. The number of amides is 1. The van der Waals surface area contributed by atoms with Gasteiger partial charge in [0, 0.05) is 0 Å². The summed E-state index contributed by atoms with van der Waals surface area (Å²) in [7, 11) is 1.40. The minimum Gasteiger partial charge on any atom is -0.493 e. The van der Waals surface area contributed by atoms with E-state index < -0.39 is 29.7 Å². The Kier molecular flexibility index (Phi) is 7.41. The molecule has 1 unspecified atom stereocenters. The molecule has 2 N–H and O–H groups in total. The summed E-state index contributed by atoms with van der Waals surface area (Å²) >= 11 is 0. The van der Waals surface area contributed by atoms with Gasteiger partial charge < -0.3 is 24.6 Å². The van der Waals surface area contributed by atoms with Crippen LogP contribution in [0.5, 0.6) is 11.5 Å². The SMILES string of the molecule is COc1cc(C(CC(=O)O)NC(=O)OC(C)(C)C)ccc1OC(=O)c1ccccc1. The maximum absolute atomic E-state index is 12.3. The molecule has 30 heavy (non-hydrogen) atoms. The summed E-state index contributed by atoms with van der Waals surface area (Å²) in [5.74, 6) is -1.27. The first-order valence-electron chi connectivity index (χ1n) is 9.25. The van der Waals surface area contributed by atoms with Gasteiger partial charge in [-0.2, -0.15) is 0 Å². The van der Waals surface area contributed by atoms with E-state index in [1.54, 1.807) is 57.2 Å². The van der Waals surface area contributed by atoms with E-state index in [0.717, 1.165) is 0 Å². The second kappa shape index (κ2) is 9.78. The Morgan fingerprint density at radius 1 is 1.03 bits per heavy atom. The lowest BCUT2D eigenvalue weighted by atomic mass is 10.0.